The molecule has 2 aromatic rings. The molecule has 2 aromatic carbocycles. The van der Waals surface area contributed by atoms with E-state index in [-0.39, 0.29) is 18.2 Å². The van der Waals surface area contributed by atoms with Gasteiger partial charge in [-0.25, -0.2) is 4.79 Å². The van der Waals surface area contributed by atoms with Crippen molar-refractivity contribution in [3.63, 3.8) is 0 Å². The molecular formula is C19H17Br2NO5. The second-order valence-electron chi connectivity index (χ2n) is 6.07. The second-order valence-corrected chi connectivity index (χ2v) is 7.78. The fourth-order valence-corrected chi connectivity index (χ4v) is 3.91. The molecule has 0 bridgehead atoms. The first-order valence-electron chi connectivity index (χ1n) is 8.38. The molecule has 0 saturated heterocycles. The van der Waals surface area contributed by atoms with Gasteiger partial charge in [-0.05, 0) is 69.0 Å². The van der Waals surface area contributed by atoms with E-state index < -0.39 is 5.97 Å². The summed E-state index contributed by atoms with van der Waals surface area (Å²) < 4.78 is 7.20. The third kappa shape index (κ3) is 4.44. The fraction of sp³-hybridized carbons (Fsp3) is 0.263. The summed E-state index contributed by atoms with van der Waals surface area (Å²) in [5, 5.41) is 2.83. The molecule has 0 fully saturated rings. The van der Waals surface area contributed by atoms with Crippen molar-refractivity contribution in [3.8, 4) is 17.2 Å². The van der Waals surface area contributed by atoms with Crippen molar-refractivity contribution in [2.24, 2.45) is 0 Å². The Morgan fingerprint density at radius 1 is 1.15 bits per heavy atom. The average Bonchev–Trinajstić information content (AvgIpc) is 2.91. The van der Waals surface area contributed by atoms with Crippen LogP contribution in [0.5, 0.6) is 17.2 Å². The van der Waals surface area contributed by atoms with Gasteiger partial charge in [0.25, 0.3) is 0 Å². The van der Waals surface area contributed by atoms with Crippen molar-refractivity contribution in [1.82, 2.24) is 0 Å². The third-order valence-corrected chi connectivity index (χ3v) is 5.20. The van der Waals surface area contributed by atoms with Gasteiger partial charge in [-0.1, -0.05) is 6.92 Å². The zero-order chi connectivity index (χ0) is 19.6. The summed E-state index contributed by atoms with van der Waals surface area (Å²) in [6.07, 6.45) is 0.973. The molecule has 0 aliphatic carbocycles. The molecule has 1 heterocycles. The van der Waals surface area contributed by atoms with Gasteiger partial charge in [0.05, 0.1) is 14.9 Å². The number of carbonyl (C=O) groups is 2. The number of halogens is 2. The Kier molecular flexibility index (Phi) is 6.06. The van der Waals surface area contributed by atoms with Gasteiger partial charge in [0.2, 0.25) is 5.91 Å². The molecule has 1 N–H and O–H groups in total. The lowest BCUT2D eigenvalue weighted by molar-refractivity contribution is -0.213. The lowest BCUT2D eigenvalue weighted by Gasteiger charge is -2.13. The van der Waals surface area contributed by atoms with Crippen LogP contribution in [0.15, 0.2) is 39.3 Å². The molecule has 27 heavy (non-hydrogen) atoms. The van der Waals surface area contributed by atoms with Crippen molar-refractivity contribution >= 4 is 49.4 Å². The van der Waals surface area contributed by atoms with Crippen molar-refractivity contribution in [3.05, 3.63) is 44.8 Å². The zero-order valence-electron chi connectivity index (χ0n) is 14.7. The van der Waals surface area contributed by atoms with Crippen molar-refractivity contribution in [1.29, 1.82) is 0 Å². The van der Waals surface area contributed by atoms with E-state index >= 15 is 0 Å². The molecular weight excluding hydrogens is 482 g/mol. The van der Waals surface area contributed by atoms with Crippen LogP contribution in [0.2, 0.25) is 0 Å². The number of hydrogen-bond donors (Lipinski definition) is 1. The Bertz CT molecular complexity index is 877. The van der Waals surface area contributed by atoms with Crippen LogP contribution in [0.4, 0.5) is 5.69 Å². The summed E-state index contributed by atoms with van der Waals surface area (Å²) in [4.78, 5) is 33.0. The van der Waals surface area contributed by atoms with E-state index in [1.54, 1.807) is 18.2 Å². The molecule has 8 heteroatoms. The molecule has 1 aliphatic heterocycles. The van der Waals surface area contributed by atoms with E-state index in [1.165, 1.54) is 0 Å². The molecule has 6 nitrogen and oxygen atoms in total. The number of nitrogens with one attached hydrogen (secondary N) is 1. The predicted octanol–water partition coefficient (Wildman–Crippen LogP) is 5.70. The Morgan fingerprint density at radius 3 is 2.52 bits per heavy atom. The minimum absolute atomic E-state index is 0.0244. The van der Waals surface area contributed by atoms with E-state index in [0.717, 1.165) is 11.3 Å². The van der Waals surface area contributed by atoms with Crippen molar-refractivity contribution in [2.75, 3.05) is 5.32 Å². The van der Waals surface area contributed by atoms with Crippen molar-refractivity contribution < 1.29 is 24.1 Å². The van der Waals surface area contributed by atoms with E-state index in [9.17, 15) is 9.59 Å². The Hall–Kier alpha value is -2.06. The number of fused-ring (bicyclic) bond motifs is 1. The molecule has 3 rings (SSSR count). The number of amides is 1. The smallest absolute Gasteiger partial charge is 0.355 e. The molecule has 0 spiro atoms. The average molecular weight is 499 g/mol. The number of ether oxygens (including phenoxy) is 1. The molecule has 0 radical (unpaired) electrons. The summed E-state index contributed by atoms with van der Waals surface area (Å²) in [7, 11) is 0. The minimum atomic E-state index is -0.430. The SMILES string of the molecule is CCCC(=O)OOc1cc(Br)c(Oc2ccc3c(c2)C(C)C(=O)N3)c(Br)c1. The van der Waals surface area contributed by atoms with Crippen LogP contribution in [0.1, 0.15) is 38.2 Å². The second kappa shape index (κ2) is 8.31. The van der Waals surface area contributed by atoms with Crippen molar-refractivity contribution in [2.45, 2.75) is 32.6 Å². The topological polar surface area (TPSA) is 73.9 Å². The van der Waals surface area contributed by atoms with Crippen LogP contribution < -0.4 is 14.9 Å². The van der Waals surface area contributed by atoms with Gasteiger partial charge in [0.1, 0.15) is 5.75 Å². The van der Waals surface area contributed by atoms with Gasteiger partial charge in [0.15, 0.2) is 11.5 Å². The fourth-order valence-electron chi connectivity index (χ4n) is 2.60. The quantitative estimate of drug-likeness (QED) is 0.408. The molecule has 1 amide bonds. The first kappa shape index (κ1) is 19.7. The van der Waals surface area contributed by atoms with Crippen LogP contribution in [-0.4, -0.2) is 11.9 Å². The monoisotopic (exact) mass is 497 g/mol. The van der Waals surface area contributed by atoms with Crippen LogP contribution in [0.25, 0.3) is 0 Å². The van der Waals surface area contributed by atoms with Gasteiger partial charge < -0.3 is 10.1 Å². The van der Waals surface area contributed by atoms with E-state index in [2.05, 4.69) is 37.2 Å². The van der Waals surface area contributed by atoms with Gasteiger partial charge >= 0.3 is 5.97 Å². The van der Waals surface area contributed by atoms with E-state index in [4.69, 9.17) is 14.5 Å². The maximum atomic E-state index is 11.8. The highest BCUT2D eigenvalue weighted by Crippen LogP contribution is 2.42. The van der Waals surface area contributed by atoms with Crippen LogP contribution >= 0.6 is 31.9 Å². The lowest BCUT2D eigenvalue weighted by Crippen LogP contribution is -2.08. The number of hydrogen-bond acceptors (Lipinski definition) is 5. The van der Waals surface area contributed by atoms with E-state index in [1.807, 2.05) is 26.0 Å². The first-order valence-corrected chi connectivity index (χ1v) is 9.96. The van der Waals surface area contributed by atoms with Crippen LogP contribution in [0.3, 0.4) is 0 Å². The Morgan fingerprint density at radius 2 is 1.85 bits per heavy atom. The van der Waals surface area contributed by atoms with Crippen LogP contribution in [-0.2, 0) is 14.5 Å². The third-order valence-electron chi connectivity index (χ3n) is 4.02. The number of benzene rings is 2. The summed E-state index contributed by atoms with van der Waals surface area (Å²) in [6, 6.07) is 8.72. The standard InChI is InChI=1S/C19H17Br2NO5/c1-3-4-17(23)27-26-12-8-14(20)18(15(21)9-12)25-11-5-6-16-13(7-11)10(2)19(24)22-16/h5-10H,3-4H2,1-2H3,(H,22,24). The van der Waals surface area contributed by atoms with Gasteiger partial charge in [-0.2, -0.15) is 0 Å². The molecule has 1 atom stereocenters. The largest absolute Gasteiger partial charge is 0.455 e. The van der Waals surface area contributed by atoms with Gasteiger partial charge in [-0.15, -0.1) is 0 Å². The zero-order valence-corrected chi connectivity index (χ0v) is 17.8. The Balaban J connectivity index is 1.76. The highest BCUT2D eigenvalue weighted by atomic mass is 79.9. The predicted molar refractivity (Wildman–Crippen MR) is 107 cm³/mol. The Labute approximate surface area is 173 Å². The maximum Gasteiger partial charge on any atom is 0.355 e. The molecule has 142 valence electrons. The van der Waals surface area contributed by atoms with Crippen LogP contribution in [0, 0.1) is 0 Å². The van der Waals surface area contributed by atoms with E-state index in [0.29, 0.717) is 32.6 Å². The molecule has 0 saturated carbocycles. The molecule has 1 unspecified atom stereocenters. The summed E-state index contributed by atoms with van der Waals surface area (Å²) >= 11 is 6.87. The summed E-state index contributed by atoms with van der Waals surface area (Å²) in [5.74, 6) is 0.810. The lowest BCUT2D eigenvalue weighted by atomic mass is 10.0. The highest BCUT2D eigenvalue weighted by molar-refractivity contribution is 9.11. The first-order chi connectivity index (χ1) is 12.9. The maximum absolute atomic E-state index is 11.8. The highest BCUT2D eigenvalue weighted by Gasteiger charge is 2.27. The molecule has 1 aliphatic rings. The molecule has 0 aromatic heterocycles. The summed E-state index contributed by atoms with van der Waals surface area (Å²) in [5.41, 5.74) is 1.70. The number of rotatable bonds is 6. The summed E-state index contributed by atoms with van der Waals surface area (Å²) in [6.45, 7) is 3.73. The van der Waals surface area contributed by atoms with Gasteiger partial charge in [0, 0.05) is 24.2 Å². The normalized spacial score (nSPS) is 15.1. The minimum Gasteiger partial charge on any atom is -0.455 e. The number of carbonyl (C=O) groups excluding carboxylic acids is 2. The number of anilines is 1. The van der Waals surface area contributed by atoms with Gasteiger partial charge in [-0.3, -0.25) is 14.6 Å².